The maximum absolute atomic E-state index is 12.6. The molecule has 0 bridgehead atoms. The van der Waals surface area contributed by atoms with E-state index in [1.54, 1.807) is 42.6 Å². The van der Waals surface area contributed by atoms with Crippen molar-refractivity contribution in [3.63, 3.8) is 0 Å². The van der Waals surface area contributed by atoms with Gasteiger partial charge >= 0.3 is 0 Å². The molecule has 0 saturated heterocycles. The number of anilines is 4. The van der Waals surface area contributed by atoms with Crippen LogP contribution >= 0.6 is 11.6 Å². The van der Waals surface area contributed by atoms with Gasteiger partial charge in [-0.3, -0.25) is 4.79 Å². The first-order valence-corrected chi connectivity index (χ1v) is 9.04. The van der Waals surface area contributed by atoms with Crippen LogP contribution in [0.25, 0.3) is 10.8 Å². The highest BCUT2D eigenvalue weighted by molar-refractivity contribution is 6.31. The van der Waals surface area contributed by atoms with E-state index < -0.39 is 0 Å². The average Bonchev–Trinajstić information content (AvgIpc) is 2.69. The third-order valence-electron chi connectivity index (χ3n) is 4.26. The summed E-state index contributed by atoms with van der Waals surface area (Å²) in [6.07, 6.45) is 1.73. The number of fused-ring (bicyclic) bond motifs is 1. The predicted octanol–water partition coefficient (Wildman–Crippen LogP) is 5.47. The standard InChI is InChI=1S/C22H17ClN4O/c23-16-8-7-14-9-10-25-21(20(14)12-16)26-18-5-1-3-15(11-18)22(28)27-19-6-2-4-17(24)13-19/h1-13H,24H2,(H,25,26)(H,27,28). The van der Waals surface area contributed by atoms with E-state index >= 15 is 0 Å². The van der Waals surface area contributed by atoms with E-state index in [1.165, 1.54) is 0 Å². The van der Waals surface area contributed by atoms with Gasteiger partial charge in [0.15, 0.2) is 0 Å². The molecule has 138 valence electrons. The quantitative estimate of drug-likeness (QED) is 0.405. The first-order valence-electron chi connectivity index (χ1n) is 8.67. The molecule has 5 nitrogen and oxygen atoms in total. The Morgan fingerprint density at radius 1 is 0.929 bits per heavy atom. The molecule has 6 heteroatoms. The molecule has 0 unspecified atom stereocenters. The maximum atomic E-state index is 12.6. The van der Waals surface area contributed by atoms with Crippen LogP contribution in [0.3, 0.4) is 0 Å². The number of nitrogens with one attached hydrogen (secondary N) is 2. The van der Waals surface area contributed by atoms with Crippen LogP contribution in [-0.2, 0) is 0 Å². The zero-order valence-corrected chi connectivity index (χ0v) is 15.6. The van der Waals surface area contributed by atoms with Crippen molar-refractivity contribution < 1.29 is 4.79 Å². The number of carbonyl (C=O) groups excluding carboxylic acids is 1. The Kier molecular flexibility index (Phi) is 4.83. The lowest BCUT2D eigenvalue weighted by atomic mass is 10.1. The Morgan fingerprint density at radius 3 is 2.61 bits per heavy atom. The zero-order valence-electron chi connectivity index (χ0n) is 14.8. The Morgan fingerprint density at radius 2 is 1.75 bits per heavy atom. The summed E-state index contributed by atoms with van der Waals surface area (Å²) < 4.78 is 0. The molecule has 0 spiro atoms. The summed E-state index contributed by atoms with van der Waals surface area (Å²) in [6, 6.07) is 21.8. The van der Waals surface area contributed by atoms with Gasteiger partial charge in [-0.05, 0) is 60.0 Å². The van der Waals surface area contributed by atoms with E-state index in [-0.39, 0.29) is 5.91 Å². The van der Waals surface area contributed by atoms with Crippen LogP contribution < -0.4 is 16.4 Å². The molecule has 3 aromatic carbocycles. The predicted molar refractivity (Wildman–Crippen MR) is 115 cm³/mol. The van der Waals surface area contributed by atoms with E-state index in [9.17, 15) is 4.79 Å². The number of hydrogen-bond acceptors (Lipinski definition) is 4. The molecule has 1 heterocycles. The van der Waals surface area contributed by atoms with Crippen LogP contribution in [0.2, 0.25) is 5.02 Å². The molecule has 0 fully saturated rings. The summed E-state index contributed by atoms with van der Waals surface area (Å²) in [7, 11) is 0. The lowest BCUT2D eigenvalue weighted by molar-refractivity contribution is 0.102. The number of nitrogen functional groups attached to an aromatic ring is 1. The Labute approximate surface area is 167 Å². The Balaban J connectivity index is 1.59. The van der Waals surface area contributed by atoms with Gasteiger partial charge in [-0.2, -0.15) is 0 Å². The van der Waals surface area contributed by atoms with Gasteiger partial charge in [-0.25, -0.2) is 4.98 Å². The number of amides is 1. The smallest absolute Gasteiger partial charge is 0.255 e. The molecule has 4 N–H and O–H groups in total. The summed E-state index contributed by atoms with van der Waals surface area (Å²) in [4.78, 5) is 17.0. The summed E-state index contributed by atoms with van der Waals surface area (Å²) in [5, 5.41) is 8.69. The van der Waals surface area contributed by atoms with Crippen LogP contribution in [0.5, 0.6) is 0 Å². The van der Waals surface area contributed by atoms with Crippen LogP contribution in [0, 0.1) is 0 Å². The molecule has 0 aliphatic rings. The van der Waals surface area contributed by atoms with Gasteiger partial charge in [0, 0.05) is 39.2 Å². The van der Waals surface area contributed by atoms with Crippen molar-refractivity contribution >= 4 is 51.2 Å². The molecular weight excluding hydrogens is 372 g/mol. The molecule has 4 rings (SSSR count). The molecule has 4 aromatic rings. The van der Waals surface area contributed by atoms with Crippen LogP contribution in [0.4, 0.5) is 22.9 Å². The number of rotatable bonds is 4. The van der Waals surface area contributed by atoms with Crippen molar-refractivity contribution in [3.8, 4) is 0 Å². The molecule has 1 amide bonds. The molecule has 1 aromatic heterocycles. The highest BCUT2D eigenvalue weighted by Crippen LogP contribution is 2.27. The minimum absolute atomic E-state index is 0.219. The number of aromatic nitrogens is 1. The van der Waals surface area contributed by atoms with Crippen molar-refractivity contribution in [2.45, 2.75) is 0 Å². The van der Waals surface area contributed by atoms with Crippen molar-refractivity contribution in [3.05, 3.63) is 89.6 Å². The molecule has 0 saturated carbocycles. The fraction of sp³-hybridized carbons (Fsp3) is 0. The number of pyridine rings is 1. The topological polar surface area (TPSA) is 80.0 Å². The highest BCUT2D eigenvalue weighted by Gasteiger charge is 2.09. The summed E-state index contributed by atoms with van der Waals surface area (Å²) in [5.41, 5.74) is 8.27. The van der Waals surface area contributed by atoms with E-state index in [4.69, 9.17) is 17.3 Å². The number of nitrogens with two attached hydrogens (primary N) is 1. The molecule has 0 aliphatic heterocycles. The summed E-state index contributed by atoms with van der Waals surface area (Å²) in [6.45, 7) is 0. The largest absolute Gasteiger partial charge is 0.399 e. The van der Waals surface area contributed by atoms with E-state index in [0.717, 1.165) is 16.5 Å². The number of halogens is 1. The van der Waals surface area contributed by atoms with Gasteiger partial charge < -0.3 is 16.4 Å². The summed E-state index contributed by atoms with van der Waals surface area (Å²) >= 11 is 6.13. The van der Waals surface area contributed by atoms with Crippen molar-refractivity contribution in [2.75, 3.05) is 16.4 Å². The second-order valence-electron chi connectivity index (χ2n) is 6.31. The Bertz CT molecular complexity index is 1180. The van der Waals surface area contributed by atoms with Crippen LogP contribution in [0.15, 0.2) is 79.0 Å². The normalized spacial score (nSPS) is 10.6. The maximum Gasteiger partial charge on any atom is 0.255 e. The number of hydrogen-bond donors (Lipinski definition) is 3. The molecule has 0 atom stereocenters. The molecule has 28 heavy (non-hydrogen) atoms. The second-order valence-corrected chi connectivity index (χ2v) is 6.75. The van der Waals surface area contributed by atoms with E-state index in [0.29, 0.717) is 27.8 Å². The van der Waals surface area contributed by atoms with Crippen LogP contribution in [0.1, 0.15) is 10.4 Å². The van der Waals surface area contributed by atoms with Crippen molar-refractivity contribution in [2.24, 2.45) is 0 Å². The average molecular weight is 389 g/mol. The first kappa shape index (κ1) is 17.8. The second kappa shape index (κ2) is 7.58. The van der Waals surface area contributed by atoms with Gasteiger partial charge in [0.2, 0.25) is 0 Å². The third-order valence-corrected chi connectivity index (χ3v) is 4.50. The van der Waals surface area contributed by atoms with Gasteiger partial charge in [-0.15, -0.1) is 0 Å². The molecular formula is C22H17ClN4O. The fourth-order valence-electron chi connectivity index (χ4n) is 2.93. The van der Waals surface area contributed by atoms with E-state index in [1.807, 2.05) is 36.4 Å². The zero-order chi connectivity index (χ0) is 19.5. The minimum atomic E-state index is -0.219. The summed E-state index contributed by atoms with van der Waals surface area (Å²) in [5.74, 6) is 0.455. The molecule has 0 radical (unpaired) electrons. The van der Waals surface area contributed by atoms with E-state index in [2.05, 4.69) is 15.6 Å². The SMILES string of the molecule is Nc1cccc(NC(=O)c2cccc(Nc3nccc4ccc(Cl)cc34)c2)c1. The van der Waals surface area contributed by atoms with Crippen LogP contribution in [-0.4, -0.2) is 10.9 Å². The number of nitrogens with zero attached hydrogens (tertiary/aromatic N) is 1. The van der Waals surface area contributed by atoms with Gasteiger partial charge in [0.1, 0.15) is 5.82 Å². The Hall–Kier alpha value is -3.57. The monoisotopic (exact) mass is 388 g/mol. The minimum Gasteiger partial charge on any atom is -0.399 e. The fourth-order valence-corrected chi connectivity index (χ4v) is 3.11. The number of carbonyl (C=O) groups is 1. The highest BCUT2D eigenvalue weighted by atomic mass is 35.5. The first-order chi connectivity index (χ1) is 13.6. The lowest BCUT2D eigenvalue weighted by Gasteiger charge is -2.11. The molecule has 0 aliphatic carbocycles. The van der Waals surface area contributed by atoms with Crippen molar-refractivity contribution in [1.82, 2.24) is 4.98 Å². The number of benzene rings is 3. The van der Waals surface area contributed by atoms with Crippen molar-refractivity contribution in [1.29, 1.82) is 0 Å². The van der Waals surface area contributed by atoms with Gasteiger partial charge in [0.25, 0.3) is 5.91 Å². The van der Waals surface area contributed by atoms with Gasteiger partial charge in [-0.1, -0.05) is 29.8 Å². The van der Waals surface area contributed by atoms with Gasteiger partial charge in [0.05, 0.1) is 0 Å². The third kappa shape index (κ3) is 3.89. The lowest BCUT2D eigenvalue weighted by Crippen LogP contribution is -2.12.